The molecule has 0 fully saturated rings. The quantitative estimate of drug-likeness (QED) is 0.569. The summed E-state index contributed by atoms with van der Waals surface area (Å²) in [7, 11) is -3.84. The first-order chi connectivity index (χ1) is 13.4. The maximum atomic E-state index is 12.3. The third-order valence-corrected chi connectivity index (χ3v) is 5.73. The lowest BCUT2D eigenvalue weighted by molar-refractivity contribution is -0.113. The molecule has 1 amide bonds. The van der Waals surface area contributed by atoms with E-state index in [2.05, 4.69) is 16.4 Å². The molecule has 0 unspecified atom stereocenters. The van der Waals surface area contributed by atoms with E-state index >= 15 is 0 Å². The number of primary sulfonamides is 1. The standard InChI is InChI=1S/C18H17N5O3S2/c19-9-4-10-23-16-8-2-1-7-15(16)22-18(23)27-12-17(24)21-13-5-3-6-14(11-13)28(20,25)26/h1-3,5-8,11H,4,10,12H2,(H,21,24)(H2,20,25,26). The highest BCUT2D eigenvalue weighted by Gasteiger charge is 2.14. The molecule has 10 heteroatoms. The topological polar surface area (TPSA) is 131 Å². The summed E-state index contributed by atoms with van der Waals surface area (Å²) in [5.41, 5.74) is 2.04. The minimum Gasteiger partial charge on any atom is -0.325 e. The van der Waals surface area contributed by atoms with Gasteiger partial charge >= 0.3 is 0 Å². The molecule has 0 radical (unpaired) electrons. The Morgan fingerprint density at radius 3 is 2.79 bits per heavy atom. The van der Waals surface area contributed by atoms with Crippen molar-refractivity contribution in [1.82, 2.24) is 9.55 Å². The number of fused-ring (bicyclic) bond motifs is 1. The van der Waals surface area contributed by atoms with Crippen molar-refractivity contribution in [2.45, 2.75) is 23.0 Å². The number of sulfonamides is 1. The van der Waals surface area contributed by atoms with E-state index in [1.165, 1.54) is 30.0 Å². The van der Waals surface area contributed by atoms with Gasteiger partial charge in [-0.3, -0.25) is 4.79 Å². The van der Waals surface area contributed by atoms with Crippen LogP contribution in [-0.4, -0.2) is 29.6 Å². The lowest BCUT2D eigenvalue weighted by atomic mass is 10.3. The van der Waals surface area contributed by atoms with Crippen molar-refractivity contribution in [3.63, 3.8) is 0 Å². The number of aryl methyl sites for hydroxylation is 1. The molecule has 3 aromatic rings. The first kappa shape index (κ1) is 19.9. The van der Waals surface area contributed by atoms with E-state index in [1.807, 2.05) is 28.8 Å². The van der Waals surface area contributed by atoms with Gasteiger partial charge < -0.3 is 9.88 Å². The van der Waals surface area contributed by atoms with Gasteiger partial charge in [-0.15, -0.1) is 0 Å². The van der Waals surface area contributed by atoms with Crippen LogP contribution in [0.4, 0.5) is 5.69 Å². The van der Waals surface area contributed by atoms with Gasteiger partial charge in [0.15, 0.2) is 5.16 Å². The number of para-hydroxylation sites is 2. The predicted molar refractivity (Wildman–Crippen MR) is 107 cm³/mol. The molecule has 0 bridgehead atoms. The first-order valence-corrected chi connectivity index (χ1v) is 10.8. The van der Waals surface area contributed by atoms with Gasteiger partial charge in [-0.05, 0) is 30.3 Å². The summed E-state index contributed by atoms with van der Waals surface area (Å²) >= 11 is 1.25. The number of nitrogens with zero attached hydrogens (tertiary/aromatic N) is 3. The van der Waals surface area contributed by atoms with Crippen LogP contribution in [0.25, 0.3) is 11.0 Å². The minimum absolute atomic E-state index is 0.0729. The number of nitriles is 1. The first-order valence-electron chi connectivity index (χ1n) is 8.26. The summed E-state index contributed by atoms with van der Waals surface area (Å²) in [6, 6.07) is 15.4. The molecule has 3 rings (SSSR count). The van der Waals surface area contributed by atoms with Crippen LogP contribution < -0.4 is 10.5 Å². The molecule has 0 aliphatic rings. The highest BCUT2D eigenvalue weighted by Crippen LogP contribution is 2.24. The number of hydrogen-bond acceptors (Lipinski definition) is 6. The average Bonchev–Trinajstić information content (AvgIpc) is 3.02. The second kappa shape index (κ2) is 8.43. The van der Waals surface area contributed by atoms with E-state index in [1.54, 1.807) is 6.07 Å². The van der Waals surface area contributed by atoms with E-state index in [0.29, 0.717) is 23.8 Å². The van der Waals surface area contributed by atoms with Crippen molar-refractivity contribution in [2.75, 3.05) is 11.1 Å². The normalized spacial score (nSPS) is 11.3. The SMILES string of the molecule is N#CCCn1c(SCC(=O)Nc2cccc(S(N)(=O)=O)c2)nc2ccccc21. The zero-order valence-electron chi connectivity index (χ0n) is 14.7. The van der Waals surface area contributed by atoms with E-state index < -0.39 is 10.0 Å². The summed E-state index contributed by atoms with van der Waals surface area (Å²) in [5.74, 6) is -0.231. The van der Waals surface area contributed by atoms with Crippen LogP contribution in [0.1, 0.15) is 6.42 Å². The molecule has 0 aliphatic heterocycles. The van der Waals surface area contributed by atoms with Gasteiger partial charge in [-0.25, -0.2) is 18.5 Å². The fourth-order valence-electron chi connectivity index (χ4n) is 2.62. The average molecular weight is 416 g/mol. The van der Waals surface area contributed by atoms with Crippen molar-refractivity contribution >= 4 is 44.4 Å². The lowest BCUT2D eigenvalue weighted by Crippen LogP contribution is -2.16. The zero-order valence-corrected chi connectivity index (χ0v) is 16.3. The molecule has 0 saturated carbocycles. The Bertz CT molecular complexity index is 1170. The van der Waals surface area contributed by atoms with E-state index in [0.717, 1.165) is 11.0 Å². The number of nitrogens with two attached hydrogens (primary N) is 1. The molecule has 144 valence electrons. The van der Waals surface area contributed by atoms with Crippen molar-refractivity contribution in [3.05, 3.63) is 48.5 Å². The number of amides is 1. The summed E-state index contributed by atoms with van der Waals surface area (Å²) in [6.07, 6.45) is 0.334. The third kappa shape index (κ3) is 4.69. The lowest BCUT2D eigenvalue weighted by Gasteiger charge is -2.08. The number of carbonyl (C=O) groups is 1. The van der Waals surface area contributed by atoms with Gasteiger partial charge in [-0.2, -0.15) is 5.26 Å². The Kier molecular flexibility index (Phi) is 5.99. The molecule has 28 heavy (non-hydrogen) atoms. The predicted octanol–water partition coefficient (Wildman–Crippen LogP) is 2.33. The highest BCUT2D eigenvalue weighted by molar-refractivity contribution is 7.99. The van der Waals surface area contributed by atoms with Crippen molar-refractivity contribution in [3.8, 4) is 6.07 Å². The zero-order chi connectivity index (χ0) is 20.1. The fraction of sp³-hybridized carbons (Fsp3) is 0.167. The number of thioether (sulfide) groups is 1. The Hall–Kier alpha value is -2.87. The van der Waals surface area contributed by atoms with Crippen LogP contribution in [0.5, 0.6) is 0 Å². The van der Waals surface area contributed by atoms with Gasteiger partial charge in [0, 0.05) is 12.2 Å². The third-order valence-electron chi connectivity index (χ3n) is 3.85. The number of nitrogens with one attached hydrogen (secondary N) is 1. The number of carbonyl (C=O) groups excluding carboxylic acids is 1. The number of benzene rings is 2. The van der Waals surface area contributed by atoms with Gasteiger partial charge in [0.1, 0.15) is 0 Å². The monoisotopic (exact) mass is 415 g/mol. The molecule has 2 aromatic carbocycles. The molecule has 0 aliphatic carbocycles. The Morgan fingerprint density at radius 2 is 2.04 bits per heavy atom. The molecule has 0 spiro atoms. The Morgan fingerprint density at radius 1 is 1.25 bits per heavy atom. The van der Waals surface area contributed by atoms with Crippen LogP contribution in [-0.2, 0) is 21.4 Å². The van der Waals surface area contributed by atoms with E-state index in [-0.39, 0.29) is 16.6 Å². The van der Waals surface area contributed by atoms with Gasteiger partial charge in [-0.1, -0.05) is 30.0 Å². The fourth-order valence-corrected chi connectivity index (χ4v) is 4.02. The second-order valence-corrected chi connectivity index (χ2v) is 8.36. The molecule has 3 N–H and O–H groups in total. The number of rotatable bonds is 7. The Balaban J connectivity index is 1.72. The van der Waals surface area contributed by atoms with Gasteiger partial charge in [0.05, 0.1) is 34.2 Å². The number of imidazole rings is 1. The van der Waals surface area contributed by atoms with Gasteiger partial charge in [0.2, 0.25) is 15.9 Å². The molecular formula is C18H17N5O3S2. The molecule has 1 aromatic heterocycles. The molecule has 8 nitrogen and oxygen atoms in total. The molecule has 1 heterocycles. The van der Waals surface area contributed by atoms with E-state index in [4.69, 9.17) is 10.4 Å². The second-order valence-electron chi connectivity index (χ2n) is 5.85. The minimum atomic E-state index is -3.84. The number of hydrogen-bond donors (Lipinski definition) is 2. The molecule has 0 atom stereocenters. The van der Waals surface area contributed by atoms with E-state index in [9.17, 15) is 13.2 Å². The smallest absolute Gasteiger partial charge is 0.238 e. The molecule has 0 saturated heterocycles. The van der Waals surface area contributed by atoms with Crippen LogP contribution in [0.3, 0.4) is 0 Å². The van der Waals surface area contributed by atoms with Crippen LogP contribution in [0.15, 0.2) is 58.6 Å². The van der Waals surface area contributed by atoms with Crippen molar-refractivity contribution in [2.24, 2.45) is 5.14 Å². The summed E-state index contributed by atoms with van der Waals surface area (Å²) < 4.78 is 24.8. The summed E-state index contributed by atoms with van der Waals surface area (Å²) in [5, 5.41) is 17.3. The van der Waals surface area contributed by atoms with Crippen molar-refractivity contribution in [1.29, 1.82) is 5.26 Å². The highest BCUT2D eigenvalue weighted by atomic mass is 32.2. The van der Waals surface area contributed by atoms with Crippen molar-refractivity contribution < 1.29 is 13.2 Å². The largest absolute Gasteiger partial charge is 0.325 e. The Labute approximate surface area is 166 Å². The van der Waals surface area contributed by atoms with Gasteiger partial charge in [0.25, 0.3) is 0 Å². The summed E-state index contributed by atoms with van der Waals surface area (Å²) in [6.45, 7) is 0.484. The van der Waals surface area contributed by atoms with Crippen LogP contribution in [0, 0.1) is 11.3 Å². The summed E-state index contributed by atoms with van der Waals surface area (Å²) in [4.78, 5) is 16.7. The number of anilines is 1. The number of aromatic nitrogens is 2. The van der Waals surface area contributed by atoms with Crippen LogP contribution in [0.2, 0.25) is 0 Å². The maximum Gasteiger partial charge on any atom is 0.238 e. The molecular weight excluding hydrogens is 398 g/mol. The maximum absolute atomic E-state index is 12.3. The van der Waals surface area contributed by atoms with Crippen LogP contribution >= 0.6 is 11.8 Å².